The van der Waals surface area contributed by atoms with E-state index in [4.69, 9.17) is 15.9 Å². The third kappa shape index (κ3) is 4.61. The Hall–Kier alpha value is -4.56. The number of benzene rings is 2. The number of nitrogens with two attached hydrogens (primary N) is 2. The predicted octanol–water partition coefficient (Wildman–Crippen LogP) is 1.76. The number of carbonyl (C=O) groups is 3. The second-order valence-electron chi connectivity index (χ2n) is 11.4. The molecule has 0 unspecified atom stereocenters. The van der Waals surface area contributed by atoms with E-state index in [9.17, 15) is 19.6 Å². The molecule has 2 aromatic carbocycles. The first kappa shape index (κ1) is 27.6. The average molecular weight is 568 g/mol. The molecule has 2 fully saturated rings. The van der Waals surface area contributed by atoms with Gasteiger partial charge in [-0.3, -0.25) is 14.4 Å². The van der Waals surface area contributed by atoms with Crippen molar-refractivity contribution < 1.29 is 18.8 Å². The highest BCUT2D eigenvalue weighted by Crippen LogP contribution is 2.48. The highest BCUT2D eigenvalue weighted by Gasteiger charge is 2.54. The molecule has 0 bridgehead atoms. The maximum absolute atomic E-state index is 13.1. The van der Waals surface area contributed by atoms with E-state index in [1.807, 2.05) is 31.2 Å². The van der Waals surface area contributed by atoms with Crippen LogP contribution in [0, 0.1) is 17.2 Å². The normalized spacial score (nSPS) is 21.4. The van der Waals surface area contributed by atoms with E-state index in [2.05, 4.69) is 21.6 Å². The molecule has 2 heterocycles. The SMILES string of the molecule is CCc1nnc(C2(CCNCC(=O)N3[C@H](C#N)C[C@@H]4C[C@@H]43)c3ccc(C(N)=O)cc3CCc3cc(C(N)=O)ccc32)o1. The third-order valence-corrected chi connectivity index (χ3v) is 8.99. The Labute approximate surface area is 243 Å². The number of carbonyl (C=O) groups excluding carboxylic acids is 3. The summed E-state index contributed by atoms with van der Waals surface area (Å²) in [4.78, 5) is 39.1. The summed E-state index contributed by atoms with van der Waals surface area (Å²) in [5, 5.41) is 21.6. The summed E-state index contributed by atoms with van der Waals surface area (Å²) < 4.78 is 6.26. The van der Waals surface area contributed by atoms with Crippen molar-refractivity contribution in [3.63, 3.8) is 0 Å². The number of fused-ring (bicyclic) bond motifs is 3. The highest BCUT2D eigenvalue weighted by molar-refractivity contribution is 5.94. The lowest BCUT2D eigenvalue weighted by Gasteiger charge is -2.34. The topological polar surface area (TPSA) is 181 Å². The molecule has 6 rings (SSSR count). The lowest BCUT2D eigenvalue weighted by Crippen LogP contribution is -2.44. The molecular formula is C31H33N7O4. The van der Waals surface area contributed by atoms with Gasteiger partial charge in [0.25, 0.3) is 0 Å². The lowest BCUT2D eigenvalue weighted by atomic mass is 9.69. The Morgan fingerprint density at radius 1 is 1.05 bits per heavy atom. The molecule has 1 aromatic heterocycles. The first-order valence-corrected chi connectivity index (χ1v) is 14.4. The largest absolute Gasteiger partial charge is 0.424 e. The zero-order valence-electron chi connectivity index (χ0n) is 23.4. The summed E-state index contributed by atoms with van der Waals surface area (Å²) in [5.74, 6) is 0.191. The van der Waals surface area contributed by atoms with Gasteiger partial charge in [-0.2, -0.15) is 5.26 Å². The molecule has 1 aliphatic heterocycles. The van der Waals surface area contributed by atoms with Crippen LogP contribution in [0.2, 0.25) is 0 Å². The predicted molar refractivity (Wildman–Crippen MR) is 151 cm³/mol. The maximum atomic E-state index is 13.1. The molecule has 11 nitrogen and oxygen atoms in total. The Balaban J connectivity index is 1.40. The van der Waals surface area contributed by atoms with Crippen molar-refractivity contribution in [3.05, 3.63) is 81.6 Å². The van der Waals surface area contributed by atoms with Crippen LogP contribution in [0.4, 0.5) is 0 Å². The number of likely N-dealkylation sites (tertiary alicyclic amines) is 1. The van der Waals surface area contributed by atoms with E-state index in [0.717, 1.165) is 35.1 Å². The molecule has 0 radical (unpaired) electrons. The molecule has 2 aliphatic carbocycles. The van der Waals surface area contributed by atoms with Gasteiger partial charge in [-0.1, -0.05) is 19.1 Å². The summed E-state index contributed by atoms with van der Waals surface area (Å²) >= 11 is 0. The number of nitrogens with zero attached hydrogens (tertiary/aromatic N) is 4. The van der Waals surface area contributed by atoms with Gasteiger partial charge in [0.15, 0.2) is 0 Å². The molecule has 1 saturated carbocycles. The fourth-order valence-electron chi connectivity index (χ4n) is 6.82. The smallest absolute Gasteiger partial charge is 0.248 e. The molecule has 42 heavy (non-hydrogen) atoms. The van der Waals surface area contributed by atoms with E-state index in [0.29, 0.717) is 61.1 Å². The number of aromatic nitrogens is 2. The first-order valence-electron chi connectivity index (χ1n) is 14.4. The Morgan fingerprint density at radius 2 is 1.69 bits per heavy atom. The molecular weight excluding hydrogens is 534 g/mol. The highest BCUT2D eigenvalue weighted by atomic mass is 16.4. The number of hydrogen-bond donors (Lipinski definition) is 3. The second kappa shape index (κ2) is 10.7. The van der Waals surface area contributed by atoms with Crippen LogP contribution in [0.5, 0.6) is 0 Å². The Morgan fingerprint density at radius 3 is 2.24 bits per heavy atom. The summed E-state index contributed by atoms with van der Waals surface area (Å²) in [6.45, 7) is 2.44. The third-order valence-electron chi connectivity index (χ3n) is 8.99. The van der Waals surface area contributed by atoms with Gasteiger partial charge >= 0.3 is 0 Å². The van der Waals surface area contributed by atoms with Gasteiger partial charge in [0.1, 0.15) is 11.5 Å². The van der Waals surface area contributed by atoms with Gasteiger partial charge in [0, 0.05) is 23.6 Å². The van der Waals surface area contributed by atoms with Crippen molar-refractivity contribution in [2.24, 2.45) is 17.4 Å². The van der Waals surface area contributed by atoms with Crippen LogP contribution in [-0.4, -0.2) is 58.0 Å². The van der Waals surface area contributed by atoms with Crippen molar-refractivity contribution in [1.29, 1.82) is 5.26 Å². The lowest BCUT2D eigenvalue weighted by molar-refractivity contribution is -0.131. The van der Waals surface area contributed by atoms with E-state index in [1.165, 1.54) is 0 Å². The number of rotatable bonds is 9. The maximum Gasteiger partial charge on any atom is 0.248 e. The number of piperidine rings is 1. The summed E-state index contributed by atoms with van der Waals surface area (Å²) in [5.41, 5.74) is 14.7. The van der Waals surface area contributed by atoms with Crippen LogP contribution in [0.25, 0.3) is 0 Å². The molecule has 216 valence electrons. The summed E-state index contributed by atoms with van der Waals surface area (Å²) in [6, 6.07) is 12.9. The Kier molecular flexibility index (Phi) is 7.02. The van der Waals surface area contributed by atoms with Gasteiger partial charge in [0.05, 0.1) is 12.6 Å². The molecule has 5 N–H and O–H groups in total. The molecule has 1 saturated heterocycles. The van der Waals surface area contributed by atoms with Crippen LogP contribution < -0.4 is 16.8 Å². The number of nitrogens with one attached hydrogen (secondary N) is 1. The van der Waals surface area contributed by atoms with Crippen LogP contribution in [0.15, 0.2) is 40.8 Å². The average Bonchev–Trinajstić information content (AvgIpc) is 3.43. The van der Waals surface area contributed by atoms with Crippen LogP contribution in [0.3, 0.4) is 0 Å². The fraction of sp³-hybridized carbons (Fsp3) is 0.419. The fourth-order valence-corrected chi connectivity index (χ4v) is 6.82. The molecule has 3 aliphatic rings. The minimum absolute atomic E-state index is 0.0782. The van der Waals surface area contributed by atoms with Crippen molar-refractivity contribution >= 4 is 17.7 Å². The van der Waals surface area contributed by atoms with E-state index in [-0.39, 0.29) is 24.5 Å². The zero-order valence-corrected chi connectivity index (χ0v) is 23.4. The van der Waals surface area contributed by atoms with Gasteiger partial charge in [0.2, 0.25) is 29.5 Å². The van der Waals surface area contributed by atoms with Gasteiger partial charge < -0.3 is 26.1 Å². The van der Waals surface area contributed by atoms with E-state index in [1.54, 1.807) is 17.0 Å². The number of hydrogen-bond acceptors (Lipinski definition) is 8. The standard InChI is InChI=1S/C31H33N7O4/c1-2-26-36-37-30(42-26)31(9-10-35-16-27(39)38-22(15-32)13-21-14-25(21)38)23-7-5-19(28(33)40)11-17(23)3-4-18-12-20(29(34)41)6-8-24(18)31/h5-8,11-12,21-22,25,35H,2-4,9-10,13-14,16H2,1H3,(H2,33,40)(H2,34,41)/t21-,22+,25+/m1/s1. The molecule has 3 amide bonds. The van der Waals surface area contributed by atoms with Crippen molar-refractivity contribution in [3.8, 4) is 6.07 Å². The molecule has 3 aromatic rings. The number of aryl methyl sites for hydroxylation is 3. The first-order chi connectivity index (χ1) is 20.3. The summed E-state index contributed by atoms with van der Waals surface area (Å²) in [7, 11) is 0. The van der Waals surface area contributed by atoms with Crippen LogP contribution in [-0.2, 0) is 29.5 Å². The molecule has 3 atom stereocenters. The van der Waals surface area contributed by atoms with Gasteiger partial charge in [-0.15, -0.1) is 10.2 Å². The van der Waals surface area contributed by atoms with E-state index >= 15 is 0 Å². The quantitative estimate of drug-likeness (QED) is 0.327. The van der Waals surface area contributed by atoms with Crippen LogP contribution >= 0.6 is 0 Å². The zero-order chi connectivity index (χ0) is 29.6. The minimum atomic E-state index is -0.950. The minimum Gasteiger partial charge on any atom is -0.424 e. The van der Waals surface area contributed by atoms with Gasteiger partial charge in [-0.25, -0.2) is 0 Å². The molecule has 0 spiro atoms. The summed E-state index contributed by atoms with van der Waals surface area (Å²) in [6.07, 6.45) is 3.88. The second-order valence-corrected chi connectivity index (χ2v) is 11.4. The number of amides is 3. The van der Waals surface area contributed by atoms with Crippen molar-refractivity contribution in [2.45, 2.75) is 62.9 Å². The van der Waals surface area contributed by atoms with Crippen LogP contribution in [0.1, 0.15) is 80.9 Å². The monoisotopic (exact) mass is 567 g/mol. The van der Waals surface area contributed by atoms with E-state index < -0.39 is 17.2 Å². The number of nitriles is 1. The Bertz CT molecular complexity index is 1560. The molecule has 11 heteroatoms. The van der Waals surface area contributed by atoms with Crippen molar-refractivity contribution in [1.82, 2.24) is 20.4 Å². The van der Waals surface area contributed by atoms with Crippen molar-refractivity contribution in [2.75, 3.05) is 13.1 Å². The van der Waals surface area contributed by atoms with Gasteiger partial charge in [-0.05, 0) is 91.1 Å². The number of primary amides is 2.